The van der Waals surface area contributed by atoms with E-state index in [9.17, 15) is 14.4 Å². The summed E-state index contributed by atoms with van der Waals surface area (Å²) in [5.74, 6) is 0.0886. The molecule has 0 radical (unpaired) electrons. The largest absolute Gasteiger partial charge is 0.444 e. The topological polar surface area (TPSA) is 84.3 Å². The van der Waals surface area contributed by atoms with Crippen molar-refractivity contribution in [1.29, 1.82) is 0 Å². The van der Waals surface area contributed by atoms with Gasteiger partial charge in [0, 0.05) is 87.6 Å². The standard InChI is InChI=1S/C38H52N4O5/c1-27(2)41(36(44)30-14-13-29-17-19-39(34(29)22-30)18-10-20-46-6)25-31-23-40(37(45)47-38(3,4)5)24-32(31)26-42(33-15-16-33)35(43)21-28-11-8-7-9-12-28/h7-9,11-14,17,19,22,27,31-33H,10,15-16,18,20-21,23-26H2,1-6H3/t31-,32-/m0/s1. The summed E-state index contributed by atoms with van der Waals surface area (Å²) in [5, 5.41) is 1.10. The highest BCUT2D eigenvalue weighted by atomic mass is 16.6. The van der Waals surface area contributed by atoms with Crippen molar-refractivity contribution in [2.45, 2.75) is 84.5 Å². The molecule has 9 heteroatoms. The van der Waals surface area contributed by atoms with Crippen molar-refractivity contribution < 1.29 is 23.9 Å². The summed E-state index contributed by atoms with van der Waals surface area (Å²) in [6.07, 6.45) is 4.96. The third kappa shape index (κ3) is 8.95. The lowest BCUT2D eigenvalue weighted by atomic mass is 9.93. The number of ether oxygens (including phenoxy) is 2. The van der Waals surface area contributed by atoms with E-state index in [0.717, 1.165) is 42.3 Å². The Morgan fingerprint density at radius 1 is 0.957 bits per heavy atom. The number of fused-ring (bicyclic) bond motifs is 1. The number of methoxy groups -OCH3 is 1. The van der Waals surface area contributed by atoms with Crippen LogP contribution in [0.2, 0.25) is 0 Å². The average molecular weight is 645 g/mol. The van der Waals surface area contributed by atoms with E-state index in [1.165, 1.54) is 0 Å². The van der Waals surface area contributed by atoms with Crippen LogP contribution in [0.3, 0.4) is 0 Å². The monoisotopic (exact) mass is 644 g/mol. The van der Waals surface area contributed by atoms with Gasteiger partial charge in [-0.2, -0.15) is 0 Å². The van der Waals surface area contributed by atoms with E-state index in [1.807, 2.05) is 92.9 Å². The second-order valence-electron chi connectivity index (χ2n) is 14.5. The molecule has 1 aliphatic carbocycles. The van der Waals surface area contributed by atoms with E-state index in [2.05, 4.69) is 16.8 Å². The molecule has 0 N–H and O–H groups in total. The Balaban J connectivity index is 1.37. The number of likely N-dealkylation sites (tertiary alicyclic amines) is 1. The summed E-state index contributed by atoms with van der Waals surface area (Å²) < 4.78 is 13.2. The molecule has 5 rings (SSSR count). The van der Waals surface area contributed by atoms with Crippen LogP contribution in [0.1, 0.15) is 69.8 Å². The molecular formula is C38H52N4O5. The molecule has 0 spiro atoms. The average Bonchev–Trinajstić information content (AvgIpc) is 3.66. The van der Waals surface area contributed by atoms with Gasteiger partial charge < -0.3 is 28.7 Å². The van der Waals surface area contributed by atoms with Crippen molar-refractivity contribution in [3.05, 3.63) is 71.9 Å². The van der Waals surface area contributed by atoms with Gasteiger partial charge in [0.05, 0.1) is 6.42 Å². The van der Waals surface area contributed by atoms with Gasteiger partial charge in [-0.25, -0.2) is 4.79 Å². The minimum absolute atomic E-state index is 0.0115. The maximum atomic E-state index is 14.2. The Bertz CT molecular complexity index is 1520. The Morgan fingerprint density at radius 3 is 2.30 bits per heavy atom. The molecule has 1 aromatic heterocycles. The van der Waals surface area contributed by atoms with Crippen LogP contribution in [0.15, 0.2) is 60.8 Å². The second kappa shape index (κ2) is 14.9. The predicted octanol–water partition coefficient (Wildman–Crippen LogP) is 6.25. The first-order valence-electron chi connectivity index (χ1n) is 17.1. The molecule has 254 valence electrons. The lowest BCUT2D eigenvalue weighted by molar-refractivity contribution is -0.131. The molecule has 1 saturated carbocycles. The molecular weight excluding hydrogens is 592 g/mol. The van der Waals surface area contributed by atoms with Crippen molar-refractivity contribution in [1.82, 2.24) is 19.3 Å². The summed E-state index contributed by atoms with van der Waals surface area (Å²) in [4.78, 5) is 46.9. The van der Waals surface area contributed by atoms with Gasteiger partial charge in [-0.3, -0.25) is 9.59 Å². The van der Waals surface area contributed by atoms with Crippen LogP contribution in [-0.4, -0.2) is 94.8 Å². The third-order valence-electron chi connectivity index (χ3n) is 9.25. The summed E-state index contributed by atoms with van der Waals surface area (Å²) in [7, 11) is 1.71. The Labute approximate surface area is 279 Å². The zero-order valence-corrected chi connectivity index (χ0v) is 29.0. The highest BCUT2D eigenvalue weighted by Crippen LogP contribution is 2.33. The quantitative estimate of drug-likeness (QED) is 0.206. The molecule has 2 fully saturated rings. The lowest BCUT2D eigenvalue weighted by Crippen LogP contribution is -2.45. The Kier molecular flexibility index (Phi) is 11.0. The van der Waals surface area contributed by atoms with E-state index >= 15 is 0 Å². The fourth-order valence-corrected chi connectivity index (χ4v) is 6.63. The first kappa shape index (κ1) is 34.5. The van der Waals surface area contributed by atoms with Crippen LogP contribution in [0.4, 0.5) is 4.79 Å². The number of aryl methyl sites for hydroxylation is 1. The van der Waals surface area contributed by atoms with Crippen LogP contribution in [0.25, 0.3) is 10.9 Å². The molecule has 1 saturated heterocycles. The molecule has 0 bridgehead atoms. The highest BCUT2D eigenvalue weighted by Gasteiger charge is 2.42. The van der Waals surface area contributed by atoms with Crippen LogP contribution in [0, 0.1) is 11.8 Å². The fraction of sp³-hybridized carbons (Fsp3) is 0.553. The molecule has 0 unspecified atom stereocenters. The SMILES string of the molecule is COCCCn1ccc2ccc(C(=O)N(C[C@@H]3CN(C(=O)OC(C)(C)C)C[C@H]3CN(C(=O)Cc3ccccc3)C3CC3)C(C)C)cc21. The fourth-order valence-electron chi connectivity index (χ4n) is 6.63. The number of benzene rings is 2. The summed E-state index contributed by atoms with van der Waals surface area (Å²) in [6.45, 7) is 13.2. The molecule has 2 atom stereocenters. The van der Waals surface area contributed by atoms with Gasteiger partial charge in [-0.1, -0.05) is 36.4 Å². The molecule has 3 aromatic rings. The zero-order chi connectivity index (χ0) is 33.7. The van der Waals surface area contributed by atoms with Gasteiger partial charge in [0.25, 0.3) is 5.91 Å². The van der Waals surface area contributed by atoms with Crippen molar-refractivity contribution in [3.63, 3.8) is 0 Å². The molecule has 9 nitrogen and oxygen atoms in total. The van der Waals surface area contributed by atoms with Crippen molar-refractivity contribution in [2.24, 2.45) is 11.8 Å². The minimum Gasteiger partial charge on any atom is -0.444 e. The normalized spacial score (nSPS) is 18.1. The molecule has 1 aliphatic heterocycles. The Hall–Kier alpha value is -3.85. The van der Waals surface area contributed by atoms with Gasteiger partial charge in [0.15, 0.2) is 0 Å². The summed E-state index contributed by atoms with van der Waals surface area (Å²) in [6, 6.07) is 18.1. The second-order valence-corrected chi connectivity index (χ2v) is 14.5. The van der Waals surface area contributed by atoms with Crippen LogP contribution in [-0.2, 0) is 27.2 Å². The summed E-state index contributed by atoms with van der Waals surface area (Å²) >= 11 is 0. The van der Waals surface area contributed by atoms with Gasteiger partial charge in [-0.15, -0.1) is 0 Å². The van der Waals surface area contributed by atoms with Crippen LogP contribution >= 0.6 is 0 Å². The lowest BCUT2D eigenvalue weighted by Gasteiger charge is -2.33. The first-order valence-corrected chi connectivity index (χ1v) is 17.1. The third-order valence-corrected chi connectivity index (χ3v) is 9.25. The smallest absolute Gasteiger partial charge is 0.410 e. The summed E-state index contributed by atoms with van der Waals surface area (Å²) in [5.41, 5.74) is 2.06. The predicted molar refractivity (Wildman–Crippen MR) is 184 cm³/mol. The van der Waals surface area contributed by atoms with E-state index in [-0.39, 0.29) is 41.8 Å². The van der Waals surface area contributed by atoms with Gasteiger partial charge >= 0.3 is 6.09 Å². The maximum Gasteiger partial charge on any atom is 0.410 e. The van der Waals surface area contributed by atoms with Crippen molar-refractivity contribution in [2.75, 3.05) is 39.9 Å². The number of carbonyl (C=O) groups is 3. The molecule has 2 aliphatic rings. The van der Waals surface area contributed by atoms with E-state index in [0.29, 0.717) is 44.8 Å². The number of carbonyl (C=O) groups excluding carboxylic acids is 3. The maximum absolute atomic E-state index is 14.2. The number of rotatable bonds is 13. The molecule has 3 amide bonds. The zero-order valence-electron chi connectivity index (χ0n) is 29.0. The van der Waals surface area contributed by atoms with Crippen molar-refractivity contribution >= 4 is 28.8 Å². The Morgan fingerprint density at radius 2 is 1.66 bits per heavy atom. The van der Waals surface area contributed by atoms with E-state index in [4.69, 9.17) is 9.47 Å². The number of hydrogen-bond donors (Lipinski definition) is 0. The minimum atomic E-state index is -0.615. The number of nitrogens with zero attached hydrogens (tertiary/aromatic N) is 4. The highest BCUT2D eigenvalue weighted by molar-refractivity contribution is 5.98. The van der Waals surface area contributed by atoms with Crippen LogP contribution < -0.4 is 0 Å². The van der Waals surface area contributed by atoms with Crippen molar-refractivity contribution in [3.8, 4) is 0 Å². The van der Waals surface area contributed by atoms with E-state index in [1.54, 1.807) is 12.0 Å². The van der Waals surface area contributed by atoms with E-state index < -0.39 is 5.60 Å². The van der Waals surface area contributed by atoms with Crippen LogP contribution in [0.5, 0.6) is 0 Å². The number of amides is 3. The molecule has 2 heterocycles. The molecule has 2 aromatic carbocycles. The van der Waals surface area contributed by atoms with Gasteiger partial charge in [0.1, 0.15) is 5.60 Å². The van der Waals surface area contributed by atoms with Gasteiger partial charge in [0.2, 0.25) is 5.91 Å². The number of aromatic nitrogens is 1. The number of hydrogen-bond acceptors (Lipinski definition) is 5. The molecule has 47 heavy (non-hydrogen) atoms. The first-order chi connectivity index (χ1) is 22.4. The van der Waals surface area contributed by atoms with Gasteiger partial charge in [-0.05, 0) is 83.0 Å².